The van der Waals surface area contributed by atoms with E-state index in [1.165, 1.54) is 12.3 Å². The van der Waals surface area contributed by atoms with E-state index in [1.807, 2.05) is 30.3 Å². The number of hydrogen-bond acceptors (Lipinski definition) is 3. The van der Waals surface area contributed by atoms with Crippen molar-refractivity contribution in [3.05, 3.63) is 48.2 Å². The zero-order chi connectivity index (χ0) is 11.5. The van der Waals surface area contributed by atoms with Gasteiger partial charge in [-0.25, -0.2) is 0 Å². The molecule has 0 aliphatic carbocycles. The lowest BCUT2D eigenvalue weighted by atomic mass is 10.1. The molecular formula is C12H11N3O. The summed E-state index contributed by atoms with van der Waals surface area (Å²) >= 11 is 0. The number of carbonyl (C=O) groups is 1. The average Bonchev–Trinajstić information content (AvgIpc) is 2.30. The van der Waals surface area contributed by atoms with Gasteiger partial charge in [-0.1, -0.05) is 30.3 Å². The van der Waals surface area contributed by atoms with E-state index in [0.717, 1.165) is 5.56 Å². The van der Waals surface area contributed by atoms with Gasteiger partial charge < -0.3 is 11.5 Å². The lowest BCUT2D eigenvalue weighted by molar-refractivity contribution is 0.100. The molecule has 16 heavy (non-hydrogen) atoms. The average molecular weight is 213 g/mol. The van der Waals surface area contributed by atoms with E-state index < -0.39 is 5.91 Å². The van der Waals surface area contributed by atoms with Crippen LogP contribution in [-0.4, -0.2) is 10.9 Å². The lowest BCUT2D eigenvalue weighted by Crippen LogP contribution is -2.14. The van der Waals surface area contributed by atoms with Crippen LogP contribution in [0.4, 0.5) is 5.69 Å². The number of carbonyl (C=O) groups excluding carboxylic acids is 1. The fraction of sp³-hybridized carbons (Fsp3) is 0. The summed E-state index contributed by atoms with van der Waals surface area (Å²) < 4.78 is 0. The molecule has 4 heteroatoms. The van der Waals surface area contributed by atoms with E-state index in [-0.39, 0.29) is 0 Å². The van der Waals surface area contributed by atoms with E-state index in [1.54, 1.807) is 0 Å². The second-order valence-corrected chi connectivity index (χ2v) is 3.35. The Hall–Kier alpha value is -2.36. The van der Waals surface area contributed by atoms with Crippen molar-refractivity contribution in [1.29, 1.82) is 0 Å². The van der Waals surface area contributed by atoms with Crippen LogP contribution < -0.4 is 11.5 Å². The molecule has 0 saturated carbocycles. The van der Waals surface area contributed by atoms with Gasteiger partial charge in [0.15, 0.2) is 0 Å². The van der Waals surface area contributed by atoms with Gasteiger partial charge in [0.1, 0.15) is 0 Å². The van der Waals surface area contributed by atoms with E-state index in [0.29, 0.717) is 16.9 Å². The Labute approximate surface area is 92.9 Å². The monoisotopic (exact) mass is 213 g/mol. The molecule has 0 saturated heterocycles. The summed E-state index contributed by atoms with van der Waals surface area (Å²) in [5.74, 6) is -0.544. The third kappa shape index (κ3) is 1.72. The fourth-order valence-electron chi connectivity index (χ4n) is 1.51. The molecule has 2 rings (SSSR count). The highest BCUT2D eigenvalue weighted by molar-refractivity contribution is 6.00. The standard InChI is InChI=1S/C12H11N3O/c13-10-9(12(14)16)6-7-15-11(10)8-4-2-1-3-5-8/h1-7H,13H2,(H2,14,16). The number of aromatic nitrogens is 1. The zero-order valence-electron chi connectivity index (χ0n) is 8.55. The van der Waals surface area contributed by atoms with Crippen molar-refractivity contribution in [2.24, 2.45) is 5.73 Å². The first kappa shape index (κ1) is 10.2. The van der Waals surface area contributed by atoms with Crippen molar-refractivity contribution < 1.29 is 4.79 Å². The number of amides is 1. The van der Waals surface area contributed by atoms with E-state index >= 15 is 0 Å². The number of primary amides is 1. The number of nitrogens with two attached hydrogens (primary N) is 2. The van der Waals surface area contributed by atoms with Crippen LogP contribution in [0.25, 0.3) is 11.3 Å². The molecule has 0 fully saturated rings. The van der Waals surface area contributed by atoms with Gasteiger partial charge in [-0.15, -0.1) is 0 Å². The molecule has 0 unspecified atom stereocenters. The molecule has 4 nitrogen and oxygen atoms in total. The Kier molecular flexibility index (Phi) is 2.55. The number of nitrogens with zero attached hydrogens (tertiary/aromatic N) is 1. The maximum absolute atomic E-state index is 11.1. The first-order valence-corrected chi connectivity index (χ1v) is 4.80. The summed E-state index contributed by atoms with van der Waals surface area (Å²) in [5.41, 5.74) is 13.1. The van der Waals surface area contributed by atoms with Gasteiger partial charge in [0.05, 0.1) is 16.9 Å². The Morgan fingerprint density at radius 3 is 2.44 bits per heavy atom. The van der Waals surface area contributed by atoms with Crippen LogP contribution in [0, 0.1) is 0 Å². The number of pyridine rings is 1. The topological polar surface area (TPSA) is 82.0 Å². The number of anilines is 1. The van der Waals surface area contributed by atoms with Gasteiger partial charge >= 0.3 is 0 Å². The van der Waals surface area contributed by atoms with Crippen molar-refractivity contribution >= 4 is 11.6 Å². The summed E-state index contributed by atoms with van der Waals surface area (Å²) in [6, 6.07) is 10.9. The predicted octanol–water partition coefficient (Wildman–Crippen LogP) is 1.43. The third-order valence-corrected chi connectivity index (χ3v) is 2.30. The maximum Gasteiger partial charge on any atom is 0.250 e. The minimum absolute atomic E-state index is 0.300. The normalized spacial score (nSPS) is 10.0. The molecular weight excluding hydrogens is 202 g/mol. The van der Waals surface area contributed by atoms with E-state index in [2.05, 4.69) is 4.98 Å². The van der Waals surface area contributed by atoms with Crippen molar-refractivity contribution in [3.8, 4) is 11.3 Å². The fourth-order valence-corrected chi connectivity index (χ4v) is 1.51. The van der Waals surface area contributed by atoms with Gasteiger partial charge in [-0.3, -0.25) is 9.78 Å². The molecule has 0 aliphatic rings. The minimum atomic E-state index is -0.544. The number of rotatable bonds is 2. The highest BCUT2D eigenvalue weighted by Crippen LogP contribution is 2.25. The van der Waals surface area contributed by atoms with Crippen LogP contribution in [0.3, 0.4) is 0 Å². The molecule has 0 spiro atoms. The zero-order valence-corrected chi connectivity index (χ0v) is 8.55. The Balaban J connectivity index is 2.59. The molecule has 0 atom stereocenters. The molecule has 0 aliphatic heterocycles. The predicted molar refractivity (Wildman–Crippen MR) is 62.6 cm³/mol. The number of hydrogen-bond donors (Lipinski definition) is 2. The Morgan fingerprint density at radius 1 is 1.12 bits per heavy atom. The van der Waals surface area contributed by atoms with Crippen molar-refractivity contribution in [2.45, 2.75) is 0 Å². The van der Waals surface area contributed by atoms with E-state index in [4.69, 9.17) is 11.5 Å². The van der Waals surface area contributed by atoms with Gasteiger partial charge in [0, 0.05) is 11.8 Å². The number of nitrogen functional groups attached to an aromatic ring is 1. The van der Waals surface area contributed by atoms with Crippen LogP contribution in [0.2, 0.25) is 0 Å². The molecule has 2 aromatic rings. The summed E-state index contributed by atoms with van der Waals surface area (Å²) in [6.45, 7) is 0. The van der Waals surface area contributed by atoms with Crippen molar-refractivity contribution in [1.82, 2.24) is 4.98 Å². The molecule has 4 N–H and O–H groups in total. The first-order chi connectivity index (χ1) is 7.70. The summed E-state index contributed by atoms with van der Waals surface area (Å²) in [5, 5.41) is 0. The molecule has 80 valence electrons. The Morgan fingerprint density at radius 2 is 1.81 bits per heavy atom. The molecule has 1 aromatic heterocycles. The summed E-state index contributed by atoms with van der Waals surface area (Å²) in [4.78, 5) is 15.3. The van der Waals surface area contributed by atoms with Crippen LogP contribution >= 0.6 is 0 Å². The lowest BCUT2D eigenvalue weighted by Gasteiger charge is -2.07. The molecule has 1 amide bonds. The van der Waals surface area contributed by atoms with Gasteiger partial charge in [-0.05, 0) is 6.07 Å². The Bertz CT molecular complexity index is 523. The van der Waals surface area contributed by atoms with Crippen LogP contribution in [-0.2, 0) is 0 Å². The SMILES string of the molecule is NC(=O)c1ccnc(-c2ccccc2)c1N. The van der Waals surface area contributed by atoms with Crippen LogP contribution in [0.5, 0.6) is 0 Å². The largest absolute Gasteiger partial charge is 0.396 e. The quantitative estimate of drug-likeness (QED) is 0.791. The third-order valence-electron chi connectivity index (χ3n) is 2.30. The molecule has 1 heterocycles. The second kappa shape index (κ2) is 4.02. The highest BCUT2D eigenvalue weighted by Gasteiger charge is 2.11. The van der Waals surface area contributed by atoms with Crippen LogP contribution in [0.1, 0.15) is 10.4 Å². The minimum Gasteiger partial charge on any atom is -0.396 e. The summed E-state index contributed by atoms with van der Waals surface area (Å²) in [7, 11) is 0. The van der Waals surface area contributed by atoms with Crippen molar-refractivity contribution in [2.75, 3.05) is 5.73 Å². The first-order valence-electron chi connectivity index (χ1n) is 4.80. The second-order valence-electron chi connectivity index (χ2n) is 3.35. The molecule has 0 bridgehead atoms. The number of benzene rings is 1. The van der Waals surface area contributed by atoms with E-state index in [9.17, 15) is 4.79 Å². The van der Waals surface area contributed by atoms with Gasteiger partial charge in [0.2, 0.25) is 0 Å². The van der Waals surface area contributed by atoms with Gasteiger partial charge in [0.25, 0.3) is 5.91 Å². The molecule has 0 radical (unpaired) electrons. The maximum atomic E-state index is 11.1. The smallest absolute Gasteiger partial charge is 0.250 e. The van der Waals surface area contributed by atoms with Crippen LogP contribution in [0.15, 0.2) is 42.6 Å². The highest BCUT2D eigenvalue weighted by atomic mass is 16.1. The summed E-state index contributed by atoms with van der Waals surface area (Å²) in [6.07, 6.45) is 1.53. The molecule has 1 aromatic carbocycles. The van der Waals surface area contributed by atoms with Gasteiger partial charge in [-0.2, -0.15) is 0 Å². The van der Waals surface area contributed by atoms with Crippen molar-refractivity contribution in [3.63, 3.8) is 0 Å².